The molecule has 0 spiro atoms. The van der Waals surface area contributed by atoms with Crippen molar-refractivity contribution >= 4 is 41.5 Å². The Morgan fingerprint density at radius 2 is 2.14 bits per heavy atom. The average Bonchev–Trinajstić information content (AvgIpc) is 2.43. The van der Waals surface area contributed by atoms with Gasteiger partial charge in [-0.2, -0.15) is 0 Å². The van der Waals surface area contributed by atoms with Crippen molar-refractivity contribution < 1.29 is 0 Å². The molecule has 0 aromatic carbocycles. The van der Waals surface area contributed by atoms with Gasteiger partial charge >= 0.3 is 0 Å². The number of aliphatic imine (C=N–C) groups is 1. The summed E-state index contributed by atoms with van der Waals surface area (Å²) in [5.74, 6) is 0.847. The highest BCUT2D eigenvalue weighted by atomic mass is 127. The first-order valence-corrected chi connectivity index (χ1v) is 7.60. The van der Waals surface area contributed by atoms with E-state index in [0.29, 0.717) is 17.1 Å². The van der Waals surface area contributed by atoms with E-state index in [-0.39, 0.29) is 24.0 Å². The Kier molecular flexibility index (Phi) is 7.73. The van der Waals surface area contributed by atoms with Crippen LogP contribution in [-0.2, 0) is 6.54 Å². The molecule has 1 aliphatic rings. The Morgan fingerprint density at radius 1 is 1.38 bits per heavy atom. The van der Waals surface area contributed by atoms with Gasteiger partial charge in [0.2, 0.25) is 0 Å². The third-order valence-electron chi connectivity index (χ3n) is 4.27. The Hall–Kier alpha value is -0.560. The minimum atomic E-state index is 0. The van der Waals surface area contributed by atoms with Gasteiger partial charge in [-0.3, -0.25) is 4.99 Å². The van der Waals surface area contributed by atoms with E-state index >= 15 is 0 Å². The lowest BCUT2D eigenvalue weighted by Gasteiger charge is -2.41. The summed E-state index contributed by atoms with van der Waals surface area (Å²) in [4.78, 5) is 8.33. The second-order valence-electron chi connectivity index (χ2n) is 5.48. The smallest absolute Gasteiger partial charge is 0.191 e. The summed E-state index contributed by atoms with van der Waals surface area (Å²) >= 11 is 5.77. The van der Waals surface area contributed by atoms with Gasteiger partial charge in [-0.15, -0.1) is 24.0 Å². The van der Waals surface area contributed by atoms with E-state index in [2.05, 4.69) is 27.5 Å². The van der Waals surface area contributed by atoms with Gasteiger partial charge in [0.25, 0.3) is 0 Å². The van der Waals surface area contributed by atoms with E-state index in [4.69, 9.17) is 11.6 Å². The average molecular weight is 423 g/mol. The minimum absolute atomic E-state index is 0. The number of hydrogen-bond donors (Lipinski definition) is 2. The van der Waals surface area contributed by atoms with Crippen molar-refractivity contribution in [3.05, 3.63) is 29.0 Å². The number of hydrogen-bond acceptors (Lipinski definition) is 2. The molecule has 0 atom stereocenters. The molecule has 1 heterocycles. The van der Waals surface area contributed by atoms with Crippen LogP contribution in [0.2, 0.25) is 5.15 Å². The Balaban J connectivity index is 0.00000220. The first-order chi connectivity index (χ1) is 9.67. The zero-order chi connectivity index (χ0) is 14.4. The molecule has 1 fully saturated rings. The van der Waals surface area contributed by atoms with Crippen LogP contribution < -0.4 is 10.6 Å². The van der Waals surface area contributed by atoms with Crippen LogP contribution in [-0.4, -0.2) is 24.5 Å². The van der Waals surface area contributed by atoms with Crippen molar-refractivity contribution in [3.8, 4) is 0 Å². The summed E-state index contributed by atoms with van der Waals surface area (Å²) in [7, 11) is 1.80. The van der Waals surface area contributed by atoms with Crippen molar-refractivity contribution in [2.45, 2.75) is 39.2 Å². The maximum atomic E-state index is 5.77. The zero-order valence-electron chi connectivity index (χ0n) is 12.7. The second kappa shape index (κ2) is 8.78. The molecule has 0 radical (unpaired) electrons. The molecule has 0 bridgehead atoms. The molecule has 6 heteroatoms. The van der Waals surface area contributed by atoms with Crippen LogP contribution in [0.5, 0.6) is 0 Å². The molecule has 1 aromatic rings. The molecule has 0 saturated heterocycles. The topological polar surface area (TPSA) is 49.3 Å². The monoisotopic (exact) mass is 422 g/mol. The number of nitrogens with one attached hydrogen (secondary N) is 2. The zero-order valence-corrected chi connectivity index (χ0v) is 15.7. The molecule has 0 amide bonds. The van der Waals surface area contributed by atoms with E-state index in [1.165, 1.54) is 25.7 Å². The molecule has 1 saturated carbocycles. The number of nitrogens with zero attached hydrogens (tertiary/aromatic N) is 2. The fourth-order valence-electron chi connectivity index (χ4n) is 2.52. The molecule has 2 rings (SSSR count). The number of halogens is 2. The summed E-state index contributed by atoms with van der Waals surface area (Å²) in [6.45, 7) is 3.97. The standard InChI is InChI=1S/C15H23ClN4.HI/c1-3-15(7-4-8-15)11-20-14(17-2)19-10-12-5-6-13(16)18-9-12;/h5-6,9H,3-4,7-8,10-11H2,1-2H3,(H2,17,19,20);1H. The predicted octanol–water partition coefficient (Wildman–Crippen LogP) is 3.60. The van der Waals surface area contributed by atoms with Crippen LogP contribution >= 0.6 is 35.6 Å². The van der Waals surface area contributed by atoms with Gasteiger partial charge in [0.15, 0.2) is 5.96 Å². The second-order valence-corrected chi connectivity index (χ2v) is 5.86. The SMILES string of the molecule is CCC1(CNC(=NC)NCc2ccc(Cl)nc2)CCC1.I. The van der Waals surface area contributed by atoms with E-state index in [1.807, 2.05) is 6.07 Å². The molecule has 1 aromatic heterocycles. The van der Waals surface area contributed by atoms with E-state index in [0.717, 1.165) is 18.1 Å². The molecule has 2 N–H and O–H groups in total. The third kappa shape index (κ3) is 5.29. The first kappa shape index (κ1) is 18.5. The molecular formula is C15H24ClIN4. The molecule has 0 aliphatic heterocycles. The summed E-state index contributed by atoms with van der Waals surface area (Å²) < 4.78 is 0. The number of guanidine groups is 1. The number of pyridine rings is 1. The molecule has 4 nitrogen and oxygen atoms in total. The maximum absolute atomic E-state index is 5.77. The molecule has 1 aliphatic carbocycles. The summed E-state index contributed by atoms with van der Waals surface area (Å²) in [5.41, 5.74) is 1.57. The van der Waals surface area contributed by atoms with Gasteiger partial charge in [-0.1, -0.05) is 31.0 Å². The van der Waals surface area contributed by atoms with E-state index < -0.39 is 0 Å². The first-order valence-electron chi connectivity index (χ1n) is 7.22. The quantitative estimate of drug-likeness (QED) is 0.330. The normalized spacial score (nSPS) is 16.6. The molecular weight excluding hydrogens is 399 g/mol. The Bertz CT molecular complexity index is 452. The third-order valence-corrected chi connectivity index (χ3v) is 4.49. The van der Waals surface area contributed by atoms with Gasteiger partial charge in [0, 0.05) is 26.3 Å². The summed E-state index contributed by atoms with van der Waals surface area (Å²) in [6.07, 6.45) is 7.03. The fraction of sp³-hybridized carbons (Fsp3) is 0.600. The number of aromatic nitrogens is 1. The summed E-state index contributed by atoms with van der Waals surface area (Å²) in [6, 6.07) is 3.77. The summed E-state index contributed by atoms with van der Waals surface area (Å²) in [5, 5.41) is 7.26. The molecule has 118 valence electrons. The van der Waals surface area contributed by atoms with E-state index in [1.54, 1.807) is 19.3 Å². The van der Waals surface area contributed by atoms with Crippen LogP contribution in [0.1, 0.15) is 38.2 Å². The van der Waals surface area contributed by atoms with Crippen LogP contribution in [0.4, 0.5) is 0 Å². The van der Waals surface area contributed by atoms with Gasteiger partial charge in [0.05, 0.1) is 0 Å². The fourth-order valence-corrected chi connectivity index (χ4v) is 2.63. The number of rotatable bonds is 5. The van der Waals surface area contributed by atoms with Crippen molar-refractivity contribution in [1.82, 2.24) is 15.6 Å². The van der Waals surface area contributed by atoms with Crippen molar-refractivity contribution in [1.29, 1.82) is 0 Å². The van der Waals surface area contributed by atoms with Crippen molar-refractivity contribution in [3.63, 3.8) is 0 Å². The van der Waals surface area contributed by atoms with E-state index in [9.17, 15) is 0 Å². The van der Waals surface area contributed by atoms with Gasteiger partial charge in [0.1, 0.15) is 5.15 Å². The molecule has 21 heavy (non-hydrogen) atoms. The highest BCUT2D eigenvalue weighted by Crippen LogP contribution is 2.42. The van der Waals surface area contributed by atoms with Gasteiger partial charge in [-0.05, 0) is 36.3 Å². The largest absolute Gasteiger partial charge is 0.356 e. The van der Waals surface area contributed by atoms with Crippen molar-refractivity contribution in [2.75, 3.05) is 13.6 Å². The van der Waals surface area contributed by atoms with Gasteiger partial charge in [-0.25, -0.2) is 4.98 Å². The lowest BCUT2D eigenvalue weighted by Crippen LogP contribution is -2.46. The van der Waals surface area contributed by atoms with Gasteiger partial charge < -0.3 is 10.6 Å². The predicted molar refractivity (Wildman–Crippen MR) is 99.4 cm³/mol. The lowest BCUT2D eigenvalue weighted by molar-refractivity contribution is 0.131. The minimum Gasteiger partial charge on any atom is -0.356 e. The van der Waals surface area contributed by atoms with Crippen LogP contribution in [0.25, 0.3) is 0 Å². The maximum Gasteiger partial charge on any atom is 0.191 e. The van der Waals surface area contributed by atoms with Crippen LogP contribution in [0.3, 0.4) is 0 Å². The Labute approximate surface area is 149 Å². The lowest BCUT2D eigenvalue weighted by atomic mass is 9.67. The van der Waals surface area contributed by atoms with Crippen molar-refractivity contribution in [2.24, 2.45) is 10.4 Å². The Morgan fingerprint density at radius 3 is 2.62 bits per heavy atom. The van der Waals surface area contributed by atoms with Crippen LogP contribution in [0.15, 0.2) is 23.3 Å². The molecule has 0 unspecified atom stereocenters. The van der Waals surface area contributed by atoms with Crippen LogP contribution in [0, 0.1) is 5.41 Å². The highest BCUT2D eigenvalue weighted by molar-refractivity contribution is 14.0. The highest BCUT2D eigenvalue weighted by Gasteiger charge is 2.34.